The van der Waals surface area contributed by atoms with Crippen LogP contribution >= 0.6 is 0 Å². The van der Waals surface area contributed by atoms with E-state index < -0.39 is 10.1 Å². The first kappa shape index (κ1) is 13.8. The van der Waals surface area contributed by atoms with Gasteiger partial charge in [0.15, 0.2) is 0 Å². The minimum Gasteiger partial charge on any atom is -0.505 e. The summed E-state index contributed by atoms with van der Waals surface area (Å²) < 4.78 is 42.3. The first-order valence-electron chi connectivity index (χ1n) is 5.00. The number of halogens is 1. The molecule has 1 aromatic carbocycles. The number of benzene rings is 1. The highest BCUT2D eigenvalue weighted by Crippen LogP contribution is 2.22. The largest absolute Gasteiger partial charge is 0.505 e. The minimum atomic E-state index is -4.04. The maximum Gasteiger partial charge on any atom is 0.351 e. The number of aromatic nitrogens is 1. The number of nitrogens with zero attached hydrogens (tertiary/aromatic N) is 1. The molecule has 0 atom stereocenters. The predicted molar refractivity (Wildman–Crippen MR) is 59.0 cm³/mol. The lowest BCUT2D eigenvalue weighted by atomic mass is 10.3. The monoisotopic (exact) mass is 301 g/mol. The average molecular weight is 302 g/mol. The van der Waals surface area contributed by atoms with Crippen LogP contribution in [-0.4, -0.2) is 13.4 Å². The van der Waals surface area contributed by atoms with Gasteiger partial charge in [0.25, 0.3) is 0 Å². The highest BCUT2D eigenvalue weighted by atomic mass is 35.6. The van der Waals surface area contributed by atoms with Crippen LogP contribution in [-0.2, 0) is 13.9 Å². The van der Waals surface area contributed by atoms with E-state index in [0.29, 0.717) is 11.5 Å². The normalized spacial score (nSPS) is 11.2. The number of pyridine rings is 1. The first-order chi connectivity index (χ1) is 9.12. The molecule has 19 heavy (non-hydrogen) atoms. The maximum absolute atomic E-state index is 11.4. The molecule has 0 aliphatic carbocycles. The molecule has 0 fully saturated rings. The predicted octanol–water partition coefficient (Wildman–Crippen LogP) is 0.854. The van der Waals surface area contributed by atoms with Crippen LogP contribution in [0, 0.1) is 11.3 Å². The van der Waals surface area contributed by atoms with Gasteiger partial charge in [0.05, 0.1) is 4.90 Å². The van der Waals surface area contributed by atoms with Crippen molar-refractivity contribution in [3.8, 4) is 11.5 Å². The van der Waals surface area contributed by atoms with Crippen molar-refractivity contribution in [2.75, 3.05) is 0 Å². The summed E-state index contributed by atoms with van der Waals surface area (Å²) in [4.78, 5) is 3.72. The van der Waals surface area contributed by atoms with E-state index in [4.69, 9.17) is 4.74 Å². The second-order valence-electron chi connectivity index (χ2n) is 3.34. The van der Waals surface area contributed by atoms with Gasteiger partial charge in [0.1, 0.15) is 11.5 Å². The molecular weight excluding hydrogens is 294 g/mol. The van der Waals surface area contributed by atoms with Crippen LogP contribution < -0.4 is 9.40 Å². The topological polar surface area (TPSA) is 88.6 Å². The summed E-state index contributed by atoms with van der Waals surface area (Å²) in [5, 5.41) is 0. The van der Waals surface area contributed by atoms with E-state index in [9.17, 15) is 13.1 Å². The Kier molecular flexibility index (Phi) is 4.33. The molecule has 1 heterocycles. The van der Waals surface area contributed by atoms with Gasteiger partial charge < -0.3 is 9.40 Å². The molecule has 0 aliphatic rings. The van der Waals surface area contributed by atoms with Crippen LogP contribution in [0.3, 0.4) is 0 Å². The van der Waals surface area contributed by atoms with Crippen molar-refractivity contribution in [3.63, 3.8) is 0 Å². The van der Waals surface area contributed by atoms with E-state index in [-0.39, 0.29) is 16.2 Å². The zero-order valence-electron chi connectivity index (χ0n) is 9.39. The number of ether oxygens (including phenoxy) is 1. The summed E-state index contributed by atoms with van der Waals surface area (Å²) in [6, 6.07) is 8.82. The molecule has 0 radical (unpaired) electrons. The highest BCUT2D eigenvalue weighted by Gasteiger charge is 2.20. The molecule has 0 unspecified atom stereocenters. The lowest BCUT2D eigenvalue weighted by Gasteiger charge is -2.05. The smallest absolute Gasteiger partial charge is 0.351 e. The van der Waals surface area contributed by atoms with E-state index >= 15 is 0 Å². The van der Waals surface area contributed by atoms with Crippen molar-refractivity contribution in [3.05, 3.63) is 48.8 Å². The summed E-state index contributed by atoms with van der Waals surface area (Å²) in [6.45, 7) is 0. The molecule has 0 aliphatic heterocycles. The Balaban J connectivity index is 2.15. The molecule has 0 saturated carbocycles. The fourth-order valence-corrected chi connectivity index (χ4v) is 2.32. The van der Waals surface area contributed by atoms with Crippen molar-refractivity contribution in [2.45, 2.75) is 4.90 Å². The Morgan fingerprint density at radius 1 is 1.00 bits per heavy atom. The minimum absolute atomic E-state index is 0.0157. The second kappa shape index (κ2) is 5.98. The summed E-state index contributed by atoms with van der Waals surface area (Å²) in [6.07, 6.45) is 3.15. The van der Waals surface area contributed by atoms with Gasteiger partial charge in [-0.25, -0.2) is 0 Å². The van der Waals surface area contributed by atoms with Crippen LogP contribution in [0.2, 0.25) is 0 Å². The molecule has 2 aromatic rings. The lowest BCUT2D eigenvalue weighted by Crippen LogP contribution is -2.12. The molecule has 1 aromatic heterocycles. The first-order valence-corrected chi connectivity index (χ1v) is 7.03. The quantitative estimate of drug-likeness (QED) is 0.813. The van der Waals surface area contributed by atoms with Gasteiger partial charge in [-0.05, 0) is 36.4 Å². The number of hydrogen-bond acceptors (Lipinski definition) is 6. The summed E-state index contributed by atoms with van der Waals surface area (Å²) in [5.74, 6) is 1.03. The van der Waals surface area contributed by atoms with E-state index in [1.807, 2.05) is 0 Å². The Bertz CT molecular complexity index is 630. The van der Waals surface area contributed by atoms with Gasteiger partial charge >= 0.3 is 21.4 Å². The number of rotatable bonds is 5. The van der Waals surface area contributed by atoms with Crippen LogP contribution in [0.4, 0.5) is 0 Å². The zero-order chi connectivity index (χ0) is 13.7. The third-order valence-electron chi connectivity index (χ3n) is 2.11. The summed E-state index contributed by atoms with van der Waals surface area (Å²) >= 11 is -0.0157. The van der Waals surface area contributed by atoms with Crippen molar-refractivity contribution >= 4 is 10.1 Å². The highest BCUT2D eigenvalue weighted by molar-refractivity contribution is 7.86. The molecule has 0 saturated heterocycles. The van der Waals surface area contributed by atoms with E-state index in [1.54, 1.807) is 24.5 Å². The van der Waals surface area contributed by atoms with Crippen LogP contribution in [0.1, 0.15) is 0 Å². The molecule has 2 rings (SSSR count). The van der Waals surface area contributed by atoms with Crippen molar-refractivity contribution < 1.29 is 32.9 Å². The fraction of sp³-hybridized carbons (Fsp3) is 0. The molecule has 0 N–H and O–H groups in total. The van der Waals surface area contributed by atoms with Crippen LogP contribution in [0.15, 0.2) is 53.7 Å². The Labute approximate surface area is 113 Å². The SMILES string of the molecule is O=S(=O)(O[Cl+][O-])c1ccc(Oc2ccncc2)cc1. The van der Waals surface area contributed by atoms with Crippen LogP contribution in [0.5, 0.6) is 11.5 Å². The fourth-order valence-electron chi connectivity index (χ4n) is 1.29. The van der Waals surface area contributed by atoms with Gasteiger partial charge in [-0.3, -0.25) is 4.98 Å². The van der Waals surface area contributed by atoms with E-state index in [0.717, 1.165) is 0 Å². The molecule has 0 bridgehead atoms. The standard InChI is InChI=1S/C11H8ClNO5S/c14-12-18-19(15,16)11-3-1-9(2-4-11)17-10-5-7-13-8-6-10/h1-8H. The summed E-state index contributed by atoms with van der Waals surface area (Å²) in [7, 11) is -4.04. The molecule has 6 nitrogen and oxygen atoms in total. The average Bonchev–Trinajstić information content (AvgIpc) is 2.40. The van der Waals surface area contributed by atoms with Gasteiger partial charge in [0.2, 0.25) is 0 Å². The Morgan fingerprint density at radius 2 is 1.58 bits per heavy atom. The van der Waals surface area contributed by atoms with Gasteiger partial charge in [-0.1, -0.05) is 0 Å². The van der Waals surface area contributed by atoms with Crippen molar-refractivity contribution in [2.24, 2.45) is 0 Å². The zero-order valence-corrected chi connectivity index (χ0v) is 11.0. The molecule has 0 amide bonds. The van der Waals surface area contributed by atoms with E-state index in [1.165, 1.54) is 24.3 Å². The number of hydrogen-bond donors (Lipinski definition) is 0. The Morgan fingerprint density at radius 3 is 2.16 bits per heavy atom. The lowest BCUT2D eigenvalue weighted by molar-refractivity contribution is -1.25. The molecule has 8 heteroatoms. The third kappa shape index (κ3) is 3.65. The van der Waals surface area contributed by atoms with Gasteiger partial charge in [0, 0.05) is 16.1 Å². The molecule has 0 spiro atoms. The van der Waals surface area contributed by atoms with Crippen LogP contribution in [0.25, 0.3) is 0 Å². The summed E-state index contributed by atoms with van der Waals surface area (Å²) in [5.41, 5.74) is 0. The van der Waals surface area contributed by atoms with E-state index in [2.05, 4.69) is 8.72 Å². The molecular formula is C11H8ClNO5S. The maximum atomic E-state index is 11.4. The Hall–Kier alpha value is -1.67. The second-order valence-corrected chi connectivity index (χ2v) is 5.35. The third-order valence-corrected chi connectivity index (χ3v) is 3.83. The van der Waals surface area contributed by atoms with Crippen molar-refractivity contribution in [1.82, 2.24) is 4.98 Å². The van der Waals surface area contributed by atoms with Gasteiger partial charge in [-0.15, -0.1) is 0 Å². The van der Waals surface area contributed by atoms with Crippen molar-refractivity contribution in [1.29, 1.82) is 0 Å². The van der Waals surface area contributed by atoms with Gasteiger partial charge in [-0.2, -0.15) is 8.42 Å². The molecule has 100 valence electrons.